The van der Waals surface area contributed by atoms with Gasteiger partial charge in [0.05, 0.1) is 0 Å². The molecule has 1 aliphatic heterocycles. The van der Waals surface area contributed by atoms with Crippen molar-refractivity contribution < 1.29 is 17.9 Å². The highest BCUT2D eigenvalue weighted by molar-refractivity contribution is 8.00. The van der Waals surface area contributed by atoms with Crippen LogP contribution in [0.1, 0.15) is 0 Å². The van der Waals surface area contributed by atoms with Crippen molar-refractivity contribution in [3.8, 4) is 0 Å². The molecule has 0 amide bonds. The van der Waals surface area contributed by atoms with Crippen LogP contribution in [0.5, 0.6) is 0 Å². The van der Waals surface area contributed by atoms with Crippen LogP contribution in [0.15, 0.2) is 35.2 Å². The van der Waals surface area contributed by atoms with Gasteiger partial charge >= 0.3 is 6.18 Å². The molecule has 1 saturated heterocycles. The fourth-order valence-electron chi connectivity index (χ4n) is 1.05. The first-order valence-electron chi connectivity index (χ1n) is 4.01. The monoisotopic (exact) mass is 220 g/mol. The highest BCUT2D eigenvalue weighted by Crippen LogP contribution is 2.45. The maximum absolute atomic E-state index is 12.1. The lowest BCUT2D eigenvalue weighted by molar-refractivity contribution is -0.146. The van der Waals surface area contributed by atoms with Crippen molar-refractivity contribution in [1.82, 2.24) is 0 Å². The van der Waals surface area contributed by atoms with Gasteiger partial charge in [-0.1, -0.05) is 30.0 Å². The molecule has 0 aliphatic carbocycles. The molecule has 2 rings (SSSR count). The van der Waals surface area contributed by atoms with E-state index in [4.69, 9.17) is 0 Å². The Morgan fingerprint density at radius 1 is 1.14 bits per heavy atom. The van der Waals surface area contributed by atoms with E-state index < -0.39 is 17.7 Å². The van der Waals surface area contributed by atoms with E-state index in [-0.39, 0.29) is 0 Å². The van der Waals surface area contributed by atoms with Crippen molar-refractivity contribution in [2.24, 2.45) is 0 Å². The van der Waals surface area contributed by atoms with Crippen molar-refractivity contribution in [1.29, 1.82) is 0 Å². The van der Waals surface area contributed by atoms with E-state index in [0.29, 0.717) is 0 Å². The average Bonchev–Trinajstić information content (AvgIpc) is 2.85. The third kappa shape index (κ3) is 2.22. The summed E-state index contributed by atoms with van der Waals surface area (Å²) in [6.45, 7) is 0. The maximum Gasteiger partial charge on any atom is 0.418 e. The standard InChI is InChI=1S/C9H7F3OS/c10-9(11,12)7-8(13-7)14-6-4-2-1-3-5-6/h1-5,7-8H. The first-order valence-corrected chi connectivity index (χ1v) is 4.89. The Bertz CT molecular complexity index is 312. The molecule has 0 aromatic heterocycles. The number of thioether (sulfide) groups is 1. The van der Waals surface area contributed by atoms with Crippen LogP contribution in [0, 0.1) is 0 Å². The zero-order valence-corrected chi connectivity index (χ0v) is 7.81. The predicted octanol–water partition coefficient (Wildman–Crippen LogP) is 3.07. The molecule has 1 nitrogen and oxygen atoms in total. The van der Waals surface area contributed by atoms with Gasteiger partial charge in [0, 0.05) is 4.90 Å². The van der Waals surface area contributed by atoms with E-state index >= 15 is 0 Å². The largest absolute Gasteiger partial charge is 0.418 e. The highest BCUT2D eigenvalue weighted by atomic mass is 32.2. The average molecular weight is 220 g/mol. The van der Waals surface area contributed by atoms with Crippen LogP contribution < -0.4 is 0 Å². The van der Waals surface area contributed by atoms with Gasteiger partial charge in [-0.05, 0) is 12.1 Å². The van der Waals surface area contributed by atoms with Gasteiger partial charge in [-0.25, -0.2) is 0 Å². The lowest BCUT2D eigenvalue weighted by Gasteiger charge is -2.00. The highest BCUT2D eigenvalue weighted by Gasteiger charge is 2.58. The van der Waals surface area contributed by atoms with Gasteiger partial charge in [0.25, 0.3) is 0 Å². The number of benzene rings is 1. The van der Waals surface area contributed by atoms with Gasteiger partial charge in [0.1, 0.15) is 5.44 Å². The smallest absolute Gasteiger partial charge is 0.348 e. The molecular formula is C9H7F3OS. The molecular weight excluding hydrogens is 213 g/mol. The van der Waals surface area contributed by atoms with Crippen molar-refractivity contribution in [2.75, 3.05) is 0 Å². The molecule has 14 heavy (non-hydrogen) atoms. The Morgan fingerprint density at radius 3 is 2.29 bits per heavy atom. The molecule has 1 aromatic carbocycles. The number of halogens is 3. The Kier molecular flexibility index (Phi) is 2.45. The zero-order valence-electron chi connectivity index (χ0n) is 6.99. The number of ether oxygens (including phenoxy) is 1. The van der Waals surface area contributed by atoms with Gasteiger partial charge in [-0.2, -0.15) is 13.2 Å². The molecule has 0 radical (unpaired) electrons. The van der Waals surface area contributed by atoms with E-state index in [1.54, 1.807) is 24.3 Å². The number of alkyl halides is 3. The van der Waals surface area contributed by atoms with Crippen LogP contribution in [-0.2, 0) is 4.74 Å². The minimum atomic E-state index is -4.23. The fourth-order valence-corrected chi connectivity index (χ4v) is 2.09. The lowest BCUT2D eigenvalue weighted by atomic mass is 10.4. The van der Waals surface area contributed by atoms with Crippen LogP contribution in [0.25, 0.3) is 0 Å². The zero-order chi connectivity index (χ0) is 10.2. The van der Waals surface area contributed by atoms with Crippen LogP contribution >= 0.6 is 11.8 Å². The van der Waals surface area contributed by atoms with E-state index in [1.165, 1.54) is 0 Å². The Hall–Kier alpha value is -0.680. The molecule has 0 N–H and O–H groups in total. The SMILES string of the molecule is FC(F)(F)C1OC1Sc1ccccc1. The van der Waals surface area contributed by atoms with Crippen LogP contribution in [-0.4, -0.2) is 17.7 Å². The molecule has 1 fully saturated rings. The molecule has 0 spiro atoms. The van der Waals surface area contributed by atoms with Crippen LogP contribution in [0.4, 0.5) is 13.2 Å². The quantitative estimate of drug-likeness (QED) is 0.710. The maximum atomic E-state index is 12.1. The van der Waals surface area contributed by atoms with Gasteiger partial charge in [-0.3, -0.25) is 0 Å². The normalized spacial score (nSPS) is 26.2. The third-order valence-electron chi connectivity index (χ3n) is 1.77. The summed E-state index contributed by atoms with van der Waals surface area (Å²) >= 11 is 1.10. The first-order chi connectivity index (χ1) is 6.57. The number of rotatable bonds is 2. The second-order valence-electron chi connectivity index (χ2n) is 2.90. The Balaban J connectivity index is 1.91. The van der Waals surface area contributed by atoms with Crippen molar-refractivity contribution in [2.45, 2.75) is 22.6 Å². The van der Waals surface area contributed by atoms with Crippen LogP contribution in [0.3, 0.4) is 0 Å². The second kappa shape index (κ2) is 3.47. The number of epoxide rings is 1. The third-order valence-corrected chi connectivity index (χ3v) is 2.90. The molecule has 1 aromatic rings. The van der Waals surface area contributed by atoms with Gasteiger partial charge in [0.15, 0.2) is 6.10 Å². The van der Waals surface area contributed by atoms with E-state index in [1.807, 2.05) is 6.07 Å². The van der Waals surface area contributed by atoms with Gasteiger partial charge in [0.2, 0.25) is 0 Å². The Labute approximate surface area is 83.3 Å². The van der Waals surface area contributed by atoms with E-state index in [9.17, 15) is 13.2 Å². The topological polar surface area (TPSA) is 12.5 Å². The number of hydrogen-bond acceptors (Lipinski definition) is 2. The summed E-state index contributed by atoms with van der Waals surface area (Å²) in [5.74, 6) is 0. The molecule has 1 heterocycles. The summed E-state index contributed by atoms with van der Waals surface area (Å²) in [5, 5.41) is 0. The molecule has 2 unspecified atom stereocenters. The number of hydrogen-bond donors (Lipinski definition) is 0. The van der Waals surface area contributed by atoms with Gasteiger partial charge in [-0.15, -0.1) is 0 Å². The van der Waals surface area contributed by atoms with Crippen LogP contribution in [0.2, 0.25) is 0 Å². The van der Waals surface area contributed by atoms with E-state index in [0.717, 1.165) is 16.7 Å². The summed E-state index contributed by atoms with van der Waals surface area (Å²) in [4.78, 5) is 0.796. The first kappa shape index (κ1) is 9.86. The summed E-state index contributed by atoms with van der Waals surface area (Å²) in [6, 6.07) is 8.92. The Morgan fingerprint density at radius 2 is 1.79 bits per heavy atom. The molecule has 2 atom stereocenters. The van der Waals surface area contributed by atoms with Crippen molar-refractivity contribution in [3.05, 3.63) is 30.3 Å². The van der Waals surface area contributed by atoms with Gasteiger partial charge < -0.3 is 4.74 Å². The summed E-state index contributed by atoms with van der Waals surface area (Å²) in [6.07, 6.45) is -5.82. The predicted molar refractivity (Wildman–Crippen MR) is 47.0 cm³/mol. The van der Waals surface area contributed by atoms with E-state index in [2.05, 4.69) is 4.74 Å². The van der Waals surface area contributed by atoms with Crippen molar-refractivity contribution in [3.63, 3.8) is 0 Å². The molecule has 76 valence electrons. The summed E-state index contributed by atoms with van der Waals surface area (Å²) in [5.41, 5.74) is -0.766. The molecule has 5 heteroatoms. The summed E-state index contributed by atoms with van der Waals surface area (Å²) in [7, 11) is 0. The molecule has 1 aliphatic rings. The van der Waals surface area contributed by atoms with Crippen molar-refractivity contribution >= 4 is 11.8 Å². The molecule has 0 saturated carbocycles. The summed E-state index contributed by atoms with van der Waals surface area (Å²) < 4.78 is 40.7. The molecule has 0 bridgehead atoms. The lowest BCUT2D eigenvalue weighted by Crippen LogP contribution is -2.17. The minimum Gasteiger partial charge on any atom is -0.348 e. The fraction of sp³-hybridized carbons (Fsp3) is 0.333. The minimum absolute atomic E-state index is 0.766. The second-order valence-corrected chi connectivity index (χ2v) is 4.07.